The van der Waals surface area contributed by atoms with Crippen molar-refractivity contribution in [2.75, 3.05) is 6.54 Å². The third-order valence-corrected chi connectivity index (χ3v) is 3.56. The molecule has 0 aliphatic carbocycles. The maximum Gasteiger partial charge on any atom is 0.0456 e. The van der Waals surface area contributed by atoms with E-state index in [2.05, 4.69) is 61.5 Å². The van der Waals surface area contributed by atoms with Gasteiger partial charge < -0.3 is 10.3 Å². The van der Waals surface area contributed by atoms with Gasteiger partial charge in [-0.15, -0.1) is 0 Å². The second-order valence-electron chi connectivity index (χ2n) is 5.27. The number of benzene rings is 1. The summed E-state index contributed by atoms with van der Waals surface area (Å²) in [5, 5.41) is 4.95. The average molecular weight is 230 g/mol. The van der Waals surface area contributed by atoms with E-state index < -0.39 is 0 Å². The molecule has 17 heavy (non-hydrogen) atoms. The van der Waals surface area contributed by atoms with Crippen molar-refractivity contribution in [2.24, 2.45) is 0 Å². The molecule has 2 N–H and O–H groups in total. The Labute approximate surface area is 103 Å². The maximum absolute atomic E-state index is 3.60. The van der Waals surface area contributed by atoms with Crippen LogP contribution in [0, 0.1) is 0 Å². The summed E-state index contributed by atoms with van der Waals surface area (Å²) in [4.78, 5) is 3.32. The molecular weight excluding hydrogens is 208 g/mol. The van der Waals surface area contributed by atoms with Gasteiger partial charge in [-0.3, -0.25) is 0 Å². The number of rotatable bonds is 5. The molecule has 2 heteroatoms. The molecule has 1 heterocycles. The third kappa shape index (κ3) is 2.89. The number of fused-ring (bicyclic) bond motifs is 1. The van der Waals surface area contributed by atoms with Gasteiger partial charge in [0.1, 0.15) is 0 Å². The van der Waals surface area contributed by atoms with Gasteiger partial charge in [0.05, 0.1) is 0 Å². The summed E-state index contributed by atoms with van der Waals surface area (Å²) in [6, 6.07) is 8.48. The highest BCUT2D eigenvalue weighted by Crippen LogP contribution is 2.18. The summed E-state index contributed by atoms with van der Waals surface area (Å²) in [5.74, 6) is 0. The van der Waals surface area contributed by atoms with E-state index in [1.807, 2.05) is 0 Å². The Morgan fingerprint density at radius 2 is 2.00 bits per heavy atom. The van der Waals surface area contributed by atoms with Crippen LogP contribution in [0.5, 0.6) is 0 Å². The summed E-state index contributed by atoms with van der Waals surface area (Å²) in [6.07, 6.45) is 4.36. The molecule has 2 aromatic rings. The molecule has 1 aromatic carbocycles. The van der Waals surface area contributed by atoms with Crippen molar-refractivity contribution in [3.8, 4) is 0 Å². The molecule has 92 valence electrons. The SMILES string of the molecule is CCC(C)(C)NCCc1c[nH]c2ccccc12. The van der Waals surface area contributed by atoms with Crippen LogP contribution >= 0.6 is 0 Å². The van der Waals surface area contributed by atoms with Crippen molar-refractivity contribution < 1.29 is 0 Å². The topological polar surface area (TPSA) is 27.8 Å². The fourth-order valence-electron chi connectivity index (χ4n) is 2.00. The summed E-state index contributed by atoms with van der Waals surface area (Å²) >= 11 is 0. The number of aromatic amines is 1. The molecule has 0 aliphatic rings. The Morgan fingerprint density at radius 3 is 2.76 bits per heavy atom. The number of nitrogens with one attached hydrogen (secondary N) is 2. The second kappa shape index (κ2) is 4.92. The highest BCUT2D eigenvalue weighted by Gasteiger charge is 2.13. The van der Waals surface area contributed by atoms with E-state index in [-0.39, 0.29) is 5.54 Å². The number of aromatic nitrogens is 1. The molecule has 0 unspecified atom stereocenters. The molecule has 0 saturated heterocycles. The Hall–Kier alpha value is -1.28. The maximum atomic E-state index is 3.60. The minimum atomic E-state index is 0.242. The van der Waals surface area contributed by atoms with E-state index in [1.165, 1.54) is 16.5 Å². The van der Waals surface area contributed by atoms with E-state index in [0.717, 1.165) is 19.4 Å². The molecule has 0 atom stereocenters. The van der Waals surface area contributed by atoms with E-state index >= 15 is 0 Å². The first-order valence-corrected chi connectivity index (χ1v) is 6.42. The zero-order valence-corrected chi connectivity index (χ0v) is 11.0. The van der Waals surface area contributed by atoms with Crippen LogP contribution in [0.4, 0.5) is 0 Å². The lowest BCUT2D eigenvalue weighted by atomic mass is 10.0. The van der Waals surface area contributed by atoms with E-state index in [9.17, 15) is 0 Å². The van der Waals surface area contributed by atoms with E-state index in [1.54, 1.807) is 0 Å². The highest BCUT2D eigenvalue weighted by atomic mass is 14.9. The standard InChI is InChI=1S/C15H22N2/c1-4-15(2,3)17-10-9-12-11-16-14-8-6-5-7-13(12)14/h5-8,11,16-17H,4,9-10H2,1-3H3. The number of H-pyrrole nitrogens is 1. The van der Waals surface area contributed by atoms with Gasteiger partial charge in [0.25, 0.3) is 0 Å². The minimum Gasteiger partial charge on any atom is -0.361 e. The Kier molecular flexibility index (Phi) is 3.53. The number of hydrogen-bond donors (Lipinski definition) is 2. The smallest absolute Gasteiger partial charge is 0.0456 e. The van der Waals surface area contributed by atoms with Crippen molar-refractivity contribution in [1.29, 1.82) is 0 Å². The first kappa shape index (κ1) is 12.2. The van der Waals surface area contributed by atoms with Gasteiger partial charge in [-0.05, 0) is 44.9 Å². The molecule has 0 aliphatic heterocycles. The molecule has 0 bridgehead atoms. The minimum absolute atomic E-state index is 0.242. The molecule has 0 saturated carbocycles. The van der Waals surface area contributed by atoms with Crippen molar-refractivity contribution in [3.63, 3.8) is 0 Å². The number of para-hydroxylation sites is 1. The molecule has 2 nitrogen and oxygen atoms in total. The van der Waals surface area contributed by atoms with Crippen LogP contribution in [0.2, 0.25) is 0 Å². The average Bonchev–Trinajstić information content (AvgIpc) is 2.73. The largest absolute Gasteiger partial charge is 0.361 e. The van der Waals surface area contributed by atoms with Crippen LogP contribution in [0.3, 0.4) is 0 Å². The Bertz CT molecular complexity index is 482. The highest BCUT2D eigenvalue weighted by molar-refractivity contribution is 5.83. The predicted octanol–water partition coefficient (Wildman–Crippen LogP) is 3.49. The molecule has 0 amide bonds. The zero-order chi connectivity index (χ0) is 12.3. The van der Waals surface area contributed by atoms with Gasteiger partial charge in [0, 0.05) is 22.6 Å². The van der Waals surface area contributed by atoms with E-state index in [0.29, 0.717) is 0 Å². The summed E-state index contributed by atoms with van der Waals surface area (Å²) in [6.45, 7) is 7.76. The van der Waals surface area contributed by atoms with Gasteiger partial charge in [-0.2, -0.15) is 0 Å². The van der Waals surface area contributed by atoms with Gasteiger partial charge >= 0.3 is 0 Å². The number of hydrogen-bond acceptors (Lipinski definition) is 1. The van der Waals surface area contributed by atoms with Gasteiger partial charge in [0.15, 0.2) is 0 Å². The predicted molar refractivity (Wildman–Crippen MR) is 74.4 cm³/mol. The lowest BCUT2D eigenvalue weighted by molar-refractivity contribution is 0.380. The van der Waals surface area contributed by atoms with Crippen LogP contribution in [0.1, 0.15) is 32.8 Å². The summed E-state index contributed by atoms with van der Waals surface area (Å²) in [5.41, 5.74) is 2.88. The van der Waals surface area contributed by atoms with Crippen molar-refractivity contribution in [3.05, 3.63) is 36.0 Å². The molecule has 0 radical (unpaired) electrons. The molecule has 2 rings (SSSR count). The van der Waals surface area contributed by atoms with Crippen molar-refractivity contribution >= 4 is 10.9 Å². The fraction of sp³-hybridized carbons (Fsp3) is 0.467. The van der Waals surface area contributed by atoms with Crippen LogP contribution in [0.15, 0.2) is 30.5 Å². The van der Waals surface area contributed by atoms with Gasteiger partial charge in [0.2, 0.25) is 0 Å². The van der Waals surface area contributed by atoms with Crippen LogP contribution in [-0.4, -0.2) is 17.1 Å². The fourth-order valence-corrected chi connectivity index (χ4v) is 2.00. The molecule has 0 fully saturated rings. The first-order chi connectivity index (χ1) is 8.12. The van der Waals surface area contributed by atoms with Gasteiger partial charge in [-0.25, -0.2) is 0 Å². The first-order valence-electron chi connectivity index (χ1n) is 6.42. The van der Waals surface area contributed by atoms with Crippen LogP contribution in [-0.2, 0) is 6.42 Å². The van der Waals surface area contributed by atoms with Crippen LogP contribution in [0.25, 0.3) is 10.9 Å². The lowest BCUT2D eigenvalue weighted by Crippen LogP contribution is -2.39. The Balaban J connectivity index is 2.00. The van der Waals surface area contributed by atoms with Crippen molar-refractivity contribution in [1.82, 2.24) is 10.3 Å². The Morgan fingerprint density at radius 1 is 1.24 bits per heavy atom. The second-order valence-corrected chi connectivity index (χ2v) is 5.27. The normalized spacial score (nSPS) is 12.2. The monoisotopic (exact) mass is 230 g/mol. The van der Waals surface area contributed by atoms with Crippen molar-refractivity contribution in [2.45, 2.75) is 39.2 Å². The quantitative estimate of drug-likeness (QED) is 0.808. The molecular formula is C15H22N2. The zero-order valence-electron chi connectivity index (χ0n) is 11.0. The summed E-state index contributed by atoms with van der Waals surface area (Å²) in [7, 11) is 0. The van der Waals surface area contributed by atoms with E-state index in [4.69, 9.17) is 0 Å². The molecule has 0 spiro atoms. The summed E-state index contributed by atoms with van der Waals surface area (Å²) < 4.78 is 0. The lowest BCUT2D eigenvalue weighted by Gasteiger charge is -2.24. The third-order valence-electron chi connectivity index (χ3n) is 3.56. The van der Waals surface area contributed by atoms with Crippen LogP contribution < -0.4 is 5.32 Å². The molecule has 1 aromatic heterocycles. The van der Waals surface area contributed by atoms with Gasteiger partial charge in [-0.1, -0.05) is 25.1 Å².